The summed E-state index contributed by atoms with van der Waals surface area (Å²) < 4.78 is 11.6. The number of aromatic nitrogens is 2. The summed E-state index contributed by atoms with van der Waals surface area (Å²) in [6.45, 7) is 12.5. The third kappa shape index (κ3) is 3.98. The van der Waals surface area contributed by atoms with Crippen LogP contribution in [0.1, 0.15) is 40.1 Å². The number of benzene rings is 2. The van der Waals surface area contributed by atoms with Crippen molar-refractivity contribution in [3.8, 4) is 28.5 Å². The van der Waals surface area contributed by atoms with E-state index in [1.807, 2.05) is 44.2 Å². The molecule has 0 fully saturated rings. The van der Waals surface area contributed by atoms with Gasteiger partial charge in [-0.2, -0.15) is 5.10 Å². The Hall–Kier alpha value is -4.00. The number of aromatic amines is 1. The minimum atomic E-state index is -0.438. The highest BCUT2D eigenvalue weighted by atomic mass is 16.5. The molecule has 7 nitrogen and oxygen atoms in total. The van der Waals surface area contributed by atoms with Gasteiger partial charge < -0.3 is 19.5 Å². The molecule has 7 heteroatoms. The van der Waals surface area contributed by atoms with Crippen molar-refractivity contribution in [2.45, 2.75) is 19.9 Å². The van der Waals surface area contributed by atoms with E-state index in [1.54, 1.807) is 23.1 Å². The molecular weight excluding hydrogens is 418 g/mol. The monoisotopic (exact) mass is 445 g/mol. The molecular formula is C26H27N3O4. The molecule has 0 unspecified atom stereocenters. The van der Waals surface area contributed by atoms with Gasteiger partial charge in [-0.1, -0.05) is 36.4 Å². The van der Waals surface area contributed by atoms with Gasteiger partial charge in [0.15, 0.2) is 11.5 Å². The minimum Gasteiger partial charge on any atom is -0.507 e. The predicted octanol–water partition coefficient (Wildman–Crippen LogP) is 4.79. The van der Waals surface area contributed by atoms with Crippen molar-refractivity contribution in [2.75, 3.05) is 19.8 Å². The maximum Gasteiger partial charge on any atom is 0.273 e. The maximum absolute atomic E-state index is 13.3. The average Bonchev–Trinajstić information content (AvgIpc) is 3.34. The average molecular weight is 446 g/mol. The van der Waals surface area contributed by atoms with Gasteiger partial charge >= 0.3 is 0 Å². The summed E-state index contributed by atoms with van der Waals surface area (Å²) >= 11 is 0. The number of phenolic OH excluding ortho intramolecular Hbond substituents is 1. The van der Waals surface area contributed by atoms with Crippen molar-refractivity contribution in [3.05, 3.63) is 84.1 Å². The smallest absolute Gasteiger partial charge is 0.273 e. The van der Waals surface area contributed by atoms with E-state index in [1.165, 1.54) is 0 Å². The van der Waals surface area contributed by atoms with Gasteiger partial charge in [-0.05, 0) is 43.7 Å². The Morgan fingerprint density at radius 2 is 1.97 bits per heavy atom. The fraction of sp³-hybridized carbons (Fsp3) is 0.231. The Morgan fingerprint density at radius 3 is 2.70 bits per heavy atom. The number of aryl methyl sites for hydroxylation is 1. The van der Waals surface area contributed by atoms with Crippen LogP contribution in [0.25, 0.3) is 11.3 Å². The first kappa shape index (κ1) is 22.2. The lowest BCUT2D eigenvalue weighted by atomic mass is 9.95. The number of H-pyrrole nitrogens is 1. The lowest BCUT2D eigenvalue weighted by Crippen LogP contribution is -2.29. The van der Waals surface area contributed by atoms with Crippen LogP contribution in [0.5, 0.6) is 17.2 Å². The molecule has 1 atom stereocenters. The highest BCUT2D eigenvalue weighted by molar-refractivity contribution is 6.00. The van der Waals surface area contributed by atoms with Gasteiger partial charge in [0.05, 0.1) is 12.6 Å². The fourth-order valence-corrected chi connectivity index (χ4v) is 4.15. The molecule has 1 aliphatic heterocycles. The Labute approximate surface area is 193 Å². The Balaban J connectivity index is 1.88. The lowest BCUT2D eigenvalue weighted by molar-refractivity contribution is 0.0764. The molecule has 0 bridgehead atoms. The summed E-state index contributed by atoms with van der Waals surface area (Å²) in [5, 5.41) is 17.9. The summed E-state index contributed by atoms with van der Waals surface area (Å²) in [5.74, 6) is 1.11. The van der Waals surface area contributed by atoms with Crippen molar-refractivity contribution < 1.29 is 19.4 Å². The topological polar surface area (TPSA) is 87.7 Å². The number of nitrogens with one attached hydrogen (secondary N) is 1. The molecule has 0 spiro atoms. The van der Waals surface area contributed by atoms with Gasteiger partial charge in [0.25, 0.3) is 5.91 Å². The van der Waals surface area contributed by atoms with Gasteiger partial charge in [-0.25, -0.2) is 0 Å². The first-order valence-electron chi connectivity index (χ1n) is 10.8. The maximum atomic E-state index is 13.3. The first-order valence-corrected chi connectivity index (χ1v) is 10.8. The molecule has 1 aliphatic rings. The summed E-state index contributed by atoms with van der Waals surface area (Å²) in [6.07, 6.45) is 3.36. The van der Waals surface area contributed by atoms with Crippen molar-refractivity contribution >= 4 is 5.91 Å². The molecule has 2 N–H and O–H groups in total. The minimum absolute atomic E-state index is 0.103. The molecule has 0 aliphatic carbocycles. The van der Waals surface area contributed by atoms with E-state index >= 15 is 0 Å². The second-order valence-electron chi connectivity index (χ2n) is 7.77. The molecule has 0 saturated heterocycles. The zero-order chi connectivity index (χ0) is 23.5. The van der Waals surface area contributed by atoms with Crippen LogP contribution in [0.2, 0.25) is 0 Å². The van der Waals surface area contributed by atoms with Gasteiger partial charge in [0.2, 0.25) is 0 Å². The molecule has 1 amide bonds. The van der Waals surface area contributed by atoms with Crippen LogP contribution in [-0.4, -0.2) is 45.9 Å². The zero-order valence-corrected chi connectivity index (χ0v) is 18.8. The normalized spacial score (nSPS) is 14.8. The highest BCUT2D eigenvalue weighted by Gasteiger charge is 2.42. The number of fused-ring (bicyclic) bond motifs is 1. The van der Waals surface area contributed by atoms with E-state index in [0.717, 1.165) is 11.1 Å². The van der Waals surface area contributed by atoms with Gasteiger partial charge in [0.1, 0.15) is 23.7 Å². The van der Waals surface area contributed by atoms with Crippen LogP contribution >= 0.6 is 0 Å². The van der Waals surface area contributed by atoms with E-state index in [0.29, 0.717) is 53.8 Å². The van der Waals surface area contributed by atoms with Crippen LogP contribution in [0, 0.1) is 6.92 Å². The molecule has 170 valence electrons. The summed E-state index contributed by atoms with van der Waals surface area (Å²) in [4.78, 5) is 15.0. The number of ether oxygens (including phenoxy) is 2. The van der Waals surface area contributed by atoms with Crippen LogP contribution in [-0.2, 0) is 0 Å². The summed E-state index contributed by atoms with van der Waals surface area (Å²) in [5.41, 5.74) is 4.05. The highest BCUT2D eigenvalue weighted by Crippen LogP contribution is 2.46. The number of hydrogen-bond acceptors (Lipinski definition) is 5. The largest absolute Gasteiger partial charge is 0.507 e. The standard InChI is InChI=1S/C26H27N3O4/c1-5-12-29-25(17-9-11-20(33-13-6-2)21(15-17)32-7-3)22-23(27-28-24(22)26(29)31)18-14-16(4)8-10-19(18)30/h5-6,8-11,14-15,25,30H,1-2,7,12-13H2,3-4H3,(H,27,28)/t25-/m1/s1. The second-order valence-corrected chi connectivity index (χ2v) is 7.77. The number of carbonyl (C=O) groups excluding carboxylic acids is 1. The van der Waals surface area contributed by atoms with Crippen LogP contribution in [0.4, 0.5) is 0 Å². The second kappa shape index (κ2) is 9.24. The van der Waals surface area contributed by atoms with Gasteiger partial charge in [0, 0.05) is 17.7 Å². The van der Waals surface area contributed by atoms with E-state index in [-0.39, 0.29) is 11.7 Å². The van der Waals surface area contributed by atoms with E-state index < -0.39 is 6.04 Å². The van der Waals surface area contributed by atoms with Crippen LogP contribution < -0.4 is 9.47 Å². The molecule has 2 heterocycles. The SMILES string of the molecule is C=CCOc1ccc([C@@H]2c3c(-c4cc(C)ccc4O)n[nH]c3C(=O)N2CC=C)cc1OCC. The Kier molecular flexibility index (Phi) is 6.22. The molecule has 4 rings (SSSR count). The first-order chi connectivity index (χ1) is 16.0. The van der Waals surface area contributed by atoms with E-state index in [2.05, 4.69) is 23.4 Å². The number of hydrogen-bond donors (Lipinski definition) is 2. The van der Waals surface area contributed by atoms with Crippen molar-refractivity contribution in [3.63, 3.8) is 0 Å². The number of nitrogens with zero attached hydrogens (tertiary/aromatic N) is 2. The van der Waals surface area contributed by atoms with Crippen LogP contribution in [0.3, 0.4) is 0 Å². The van der Waals surface area contributed by atoms with Crippen molar-refractivity contribution in [2.24, 2.45) is 0 Å². The van der Waals surface area contributed by atoms with E-state index in [9.17, 15) is 9.90 Å². The lowest BCUT2D eigenvalue weighted by Gasteiger charge is -2.26. The number of carbonyl (C=O) groups is 1. The number of amides is 1. The Bertz CT molecular complexity index is 1210. The Morgan fingerprint density at radius 1 is 1.15 bits per heavy atom. The van der Waals surface area contributed by atoms with Crippen molar-refractivity contribution in [1.82, 2.24) is 15.1 Å². The van der Waals surface area contributed by atoms with Gasteiger partial charge in [-0.3, -0.25) is 9.89 Å². The van der Waals surface area contributed by atoms with E-state index in [4.69, 9.17) is 9.47 Å². The molecule has 0 saturated carbocycles. The third-order valence-corrected chi connectivity index (χ3v) is 5.54. The number of phenols is 1. The number of rotatable bonds is 9. The molecule has 3 aromatic rings. The van der Waals surface area contributed by atoms with Crippen molar-refractivity contribution in [1.29, 1.82) is 0 Å². The van der Waals surface area contributed by atoms with Gasteiger partial charge in [-0.15, -0.1) is 6.58 Å². The molecule has 2 aromatic carbocycles. The van der Waals surface area contributed by atoms with Crippen LogP contribution in [0.15, 0.2) is 61.7 Å². The zero-order valence-electron chi connectivity index (χ0n) is 18.8. The molecule has 33 heavy (non-hydrogen) atoms. The predicted molar refractivity (Wildman–Crippen MR) is 127 cm³/mol. The molecule has 1 aromatic heterocycles. The third-order valence-electron chi connectivity index (χ3n) is 5.54. The summed E-state index contributed by atoms with van der Waals surface area (Å²) in [6, 6.07) is 10.5. The summed E-state index contributed by atoms with van der Waals surface area (Å²) in [7, 11) is 0. The number of aromatic hydroxyl groups is 1. The fourth-order valence-electron chi connectivity index (χ4n) is 4.15. The quantitative estimate of drug-likeness (QED) is 0.463. The molecule has 0 radical (unpaired) electrons.